The number of aryl methyl sites for hydroxylation is 1. The van der Waals surface area contributed by atoms with Gasteiger partial charge >= 0.3 is 0 Å². The Morgan fingerprint density at radius 3 is 2.75 bits per heavy atom. The molecule has 16 heavy (non-hydrogen) atoms. The van der Waals surface area contributed by atoms with Crippen molar-refractivity contribution in [2.45, 2.75) is 6.92 Å². The number of hydrogen-bond acceptors (Lipinski definition) is 4. The van der Waals surface area contributed by atoms with Crippen molar-refractivity contribution in [3.63, 3.8) is 0 Å². The molecule has 0 aliphatic carbocycles. The summed E-state index contributed by atoms with van der Waals surface area (Å²) in [6, 6.07) is 6.01. The zero-order valence-corrected chi connectivity index (χ0v) is 8.78. The number of H-pyrrole nitrogens is 1. The molecule has 0 spiro atoms. The van der Waals surface area contributed by atoms with Gasteiger partial charge in [-0.3, -0.25) is 0 Å². The molecule has 0 aliphatic heterocycles. The zero-order valence-electron chi connectivity index (χ0n) is 8.78. The summed E-state index contributed by atoms with van der Waals surface area (Å²) in [6.07, 6.45) is 0. The lowest BCUT2D eigenvalue weighted by Crippen LogP contribution is -1.99. The normalized spacial score (nSPS) is 11.3. The summed E-state index contributed by atoms with van der Waals surface area (Å²) in [5.74, 6) is 0.609. The van der Waals surface area contributed by atoms with Crippen LogP contribution in [0, 0.1) is 6.92 Å². The largest absolute Gasteiger partial charge is 0.383 e. The lowest BCUT2D eigenvalue weighted by Gasteiger charge is -1.99. The van der Waals surface area contributed by atoms with Crippen molar-refractivity contribution < 1.29 is 0 Å². The Morgan fingerprint density at radius 1 is 1.12 bits per heavy atom. The molecule has 5 nitrogen and oxygen atoms in total. The maximum absolute atomic E-state index is 5.89. The van der Waals surface area contributed by atoms with Gasteiger partial charge in [-0.2, -0.15) is 9.97 Å². The number of benzene rings is 1. The monoisotopic (exact) mass is 213 g/mol. The van der Waals surface area contributed by atoms with Crippen LogP contribution in [0.25, 0.3) is 21.9 Å². The molecule has 5 N–H and O–H groups in total. The molecular formula is C11H11N5. The van der Waals surface area contributed by atoms with E-state index < -0.39 is 0 Å². The Labute approximate surface area is 91.5 Å². The molecule has 5 heteroatoms. The van der Waals surface area contributed by atoms with Crippen LogP contribution in [-0.2, 0) is 0 Å². The van der Waals surface area contributed by atoms with Crippen molar-refractivity contribution in [3.05, 3.63) is 23.8 Å². The molecule has 1 aromatic carbocycles. The number of nitrogens with two attached hydrogens (primary N) is 2. The number of aromatic amines is 1. The summed E-state index contributed by atoms with van der Waals surface area (Å²) >= 11 is 0. The third-order valence-electron chi connectivity index (χ3n) is 2.73. The summed E-state index contributed by atoms with van der Waals surface area (Å²) in [6.45, 7) is 2.03. The second-order valence-electron chi connectivity index (χ2n) is 3.81. The average molecular weight is 213 g/mol. The van der Waals surface area contributed by atoms with Crippen LogP contribution < -0.4 is 11.5 Å². The van der Waals surface area contributed by atoms with Crippen molar-refractivity contribution in [3.8, 4) is 0 Å². The van der Waals surface area contributed by atoms with E-state index in [1.165, 1.54) is 0 Å². The molecule has 2 heterocycles. The fraction of sp³-hybridized carbons (Fsp3) is 0.0909. The molecule has 0 aliphatic rings. The third-order valence-corrected chi connectivity index (χ3v) is 2.73. The van der Waals surface area contributed by atoms with Gasteiger partial charge in [0.15, 0.2) is 0 Å². The van der Waals surface area contributed by atoms with Crippen LogP contribution in [0.1, 0.15) is 5.56 Å². The van der Waals surface area contributed by atoms with Gasteiger partial charge < -0.3 is 16.5 Å². The van der Waals surface area contributed by atoms with Gasteiger partial charge in [0.1, 0.15) is 11.5 Å². The first-order chi connectivity index (χ1) is 7.66. The van der Waals surface area contributed by atoms with Gasteiger partial charge in [0.2, 0.25) is 5.95 Å². The molecule has 0 bridgehead atoms. The summed E-state index contributed by atoms with van der Waals surface area (Å²) < 4.78 is 0. The highest BCUT2D eigenvalue weighted by Crippen LogP contribution is 2.30. The second-order valence-corrected chi connectivity index (χ2v) is 3.81. The van der Waals surface area contributed by atoms with Crippen LogP contribution in [0.3, 0.4) is 0 Å². The fourth-order valence-corrected chi connectivity index (χ4v) is 2.06. The van der Waals surface area contributed by atoms with Crippen LogP contribution in [-0.4, -0.2) is 15.0 Å². The number of nitrogen functional groups attached to an aromatic ring is 2. The fourth-order valence-electron chi connectivity index (χ4n) is 2.06. The van der Waals surface area contributed by atoms with Gasteiger partial charge in [0, 0.05) is 10.9 Å². The second kappa shape index (κ2) is 2.85. The van der Waals surface area contributed by atoms with Gasteiger partial charge in [-0.1, -0.05) is 12.1 Å². The number of nitrogens with one attached hydrogen (secondary N) is 1. The van der Waals surface area contributed by atoms with Crippen LogP contribution in [0.5, 0.6) is 0 Å². The van der Waals surface area contributed by atoms with E-state index >= 15 is 0 Å². The molecule has 0 atom stereocenters. The Kier molecular flexibility index (Phi) is 1.60. The Balaban J connectivity index is 2.63. The number of fused-ring (bicyclic) bond motifs is 3. The van der Waals surface area contributed by atoms with Crippen LogP contribution >= 0.6 is 0 Å². The number of nitrogens with zero attached hydrogens (tertiary/aromatic N) is 2. The zero-order chi connectivity index (χ0) is 11.3. The maximum Gasteiger partial charge on any atom is 0.223 e. The van der Waals surface area contributed by atoms with E-state index in [2.05, 4.69) is 15.0 Å². The minimum absolute atomic E-state index is 0.189. The highest BCUT2D eigenvalue weighted by Gasteiger charge is 2.11. The standard InChI is InChI=1S/C11H11N5/c1-5-3-2-4-6-7(5)8-9(12)15-11(13)16-10(8)14-6/h2-4H,1H3,(H5,12,13,14,15,16). The van der Waals surface area contributed by atoms with Crippen molar-refractivity contribution in [2.75, 3.05) is 11.5 Å². The number of hydrogen-bond donors (Lipinski definition) is 3. The van der Waals surface area contributed by atoms with E-state index in [1.807, 2.05) is 25.1 Å². The SMILES string of the molecule is Cc1cccc2[nH]c3nc(N)nc(N)c3c12. The smallest absolute Gasteiger partial charge is 0.223 e. The maximum atomic E-state index is 5.89. The first-order valence-corrected chi connectivity index (χ1v) is 4.97. The molecule has 80 valence electrons. The minimum Gasteiger partial charge on any atom is -0.383 e. The Hall–Kier alpha value is -2.30. The molecule has 3 aromatic rings. The molecule has 0 saturated heterocycles. The van der Waals surface area contributed by atoms with Crippen molar-refractivity contribution in [1.82, 2.24) is 15.0 Å². The number of anilines is 2. The van der Waals surface area contributed by atoms with Crippen molar-refractivity contribution in [2.24, 2.45) is 0 Å². The Morgan fingerprint density at radius 2 is 1.94 bits per heavy atom. The first kappa shape index (κ1) is 8.96. The highest BCUT2D eigenvalue weighted by atomic mass is 15.1. The molecule has 0 amide bonds. The quantitative estimate of drug-likeness (QED) is 0.528. The molecule has 0 radical (unpaired) electrons. The van der Waals surface area contributed by atoms with Crippen LogP contribution in [0.2, 0.25) is 0 Å². The van der Waals surface area contributed by atoms with E-state index in [4.69, 9.17) is 11.5 Å². The molecule has 0 fully saturated rings. The molecule has 2 aromatic heterocycles. The van der Waals surface area contributed by atoms with E-state index in [9.17, 15) is 0 Å². The average Bonchev–Trinajstić information content (AvgIpc) is 2.56. The molecule has 0 unspecified atom stereocenters. The topological polar surface area (TPSA) is 93.6 Å². The summed E-state index contributed by atoms with van der Waals surface area (Å²) in [4.78, 5) is 11.3. The minimum atomic E-state index is 0.189. The highest BCUT2D eigenvalue weighted by molar-refractivity contribution is 6.12. The van der Waals surface area contributed by atoms with Crippen molar-refractivity contribution in [1.29, 1.82) is 0 Å². The van der Waals surface area contributed by atoms with E-state index in [0.29, 0.717) is 11.5 Å². The van der Waals surface area contributed by atoms with Gasteiger partial charge in [-0.25, -0.2) is 0 Å². The van der Waals surface area contributed by atoms with E-state index in [0.717, 1.165) is 21.9 Å². The number of rotatable bonds is 0. The molecular weight excluding hydrogens is 202 g/mol. The predicted octanol–water partition coefficient (Wildman–Crippen LogP) is 1.58. The van der Waals surface area contributed by atoms with Crippen LogP contribution in [0.4, 0.5) is 11.8 Å². The molecule has 3 rings (SSSR count). The first-order valence-electron chi connectivity index (χ1n) is 4.97. The van der Waals surface area contributed by atoms with E-state index in [-0.39, 0.29) is 5.95 Å². The lowest BCUT2D eigenvalue weighted by atomic mass is 10.1. The molecule has 0 saturated carbocycles. The summed E-state index contributed by atoms with van der Waals surface area (Å²) in [5.41, 5.74) is 14.3. The van der Waals surface area contributed by atoms with Crippen molar-refractivity contribution >= 4 is 33.7 Å². The predicted molar refractivity (Wildman–Crippen MR) is 65.0 cm³/mol. The van der Waals surface area contributed by atoms with E-state index in [1.54, 1.807) is 0 Å². The Bertz CT molecular complexity index is 698. The lowest BCUT2D eigenvalue weighted by molar-refractivity contribution is 1.23. The van der Waals surface area contributed by atoms with Gasteiger partial charge in [-0.15, -0.1) is 0 Å². The van der Waals surface area contributed by atoms with Crippen LogP contribution in [0.15, 0.2) is 18.2 Å². The number of aromatic nitrogens is 3. The summed E-state index contributed by atoms with van der Waals surface area (Å²) in [7, 11) is 0. The summed E-state index contributed by atoms with van der Waals surface area (Å²) in [5, 5.41) is 1.91. The van der Waals surface area contributed by atoms with Gasteiger partial charge in [0.05, 0.1) is 5.39 Å². The third kappa shape index (κ3) is 1.05. The van der Waals surface area contributed by atoms with Gasteiger partial charge in [0.25, 0.3) is 0 Å². The van der Waals surface area contributed by atoms with Gasteiger partial charge in [-0.05, 0) is 18.6 Å².